The molecule has 0 aliphatic rings. The van der Waals surface area contributed by atoms with Gasteiger partial charge in [-0.2, -0.15) is 0 Å². The summed E-state index contributed by atoms with van der Waals surface area (Å²) in [5, 5.41) is 14.1. The van der Waals surface area contributed by atoms with Gasteiger partial charge in [0.25, 0.3) is 5.69 Å². The summed E-state index contributed by atoms with van der Waals surface area (Å²) < 4.78 is 9.61. The van der Waals surface area contributed by atoms with Crippen LogP contribution in [0.25, 0.3) is 0 Å². The molecule has 0 amide bonds. The van der Waals surface area contributed by atoms with Crippen LogP contribution in [0.2, 0.25) is 5.02 Å². The number of benzene rings is 1. The number of rotatable bonds is 5. The van der Waals surface area contributed by atoms with Crippen molar-refractivity contribution in [1.82, 2.24) is 0 Å². The molecule has 8 heteroatoms. The SMILES string of the molecule is COC(=O)c1occc1CNc1ccc(Cl)cc1[N+](=O)[O-]. The van der Waals surface area contributed by atoms with Crippen molar-refractivity contribution in [2.75, 3.05) is 12.4 Å². The van der Waals surface area contributed by atoms with Gasteiger partial charge in [0, 0.05) is 23.2 Å². The van der Waals surface area contributed by atoms with Crippen LogP contribution in [-0.4, -0.2) is 18.0 Å². The standard InChI is InChI=1S/C13H11ClN2O5/c1-20-13(17)12-8(4-5-21-12)7-15-10-3-2-9(14)6-11(10)16(18)19/h2-6,15H,7H2,1H3. The zero-order valence-electron chi connectivity index (χ0n) is 11.0. The molecule has 0 saturated heterocycles. The third kappa shape index (κ3) is 3.32. The molecule has 0 radical (unpaired) electrons. The summed E-state index contributed by atoms with van der Waals surface area (Å²) in [7, 11) is 1.24. The van der Waals surface area contributed by atoms with Crippen LogP contribution in [-0.2, 0) is 11.3 Å². The van der Waals surface area contributed by atoms with E-state index in [2.05, 4.69) is 10.1 Å². The van der Waals surface area contributed by atoms with Gasteiger partial charge in [0.1, 0.15) is 5.69 Å². The number of methoxy groups -OCH3 is 1. The van der Waals surface area contributed by atoms with Crippen LogP contribution in [0.3, 0.4) is 0 Å². The Balaban J connectivity index is 2.19. The first-order valence-corrected chi connectivity index (χ1v) is 6.23. The number of carbonyl (C=O) groups is 1. The summed E-state index contributed by atoms with van der Waals surface area (Å²) in [6, 6.07) is 5.87. The number of nitrogens with zero attached hydrogens (tertiary/aromatic N) is 1. The third-order valence-electron chi connectivity index (χ3n) is 2.74. The van der Waals surface area contributed by atoms with Gasteiger partial charge in [0.15, 0.2) is 0 Å². The Hall–Kier alpha value is -2.54. The fourth-order valence-corrected chi connectivity index (χ4v) is 1.91. The zero-order valence-corrected chi connectivity index (χ0v) is 11.7. The van der Waals surface area contributed by atoms with Crippen molar-refractivity contribution in [3.63, 3.8) is 0 Å². The first-order chi connectivity index (χ1) is 10.0. The molecule has 21 heavy (non-hydrogen) atoms. The van der Waals surface area contributed by atoms with Crippen LogP contribution < -0.4 is 5.32 Å². The lowest BCUT2D eigenvalue weighted by Crippen LogP contribution is -2.07. The van der Waals surface area contributed by atoms with Crippen LogP contribution >= 0.6 is 11.6 Å². The average molecular weight is 311 g/mol. The van der Waals surface area contributed by atoms with Gasteiger partial charge >= 0.3 is 5.97 Å². The minimum absolute atomic E-state index is 0.0571. The quantitative estimate of drug-likeness (QED) is 0.517. The Labute approximate surface area is 124 Å². The van der Waals surface area contributed by atoms with Crippen molar-refractivity contribution in [2.24, 2.45) is 0 Å². The maximum atomic E-state index is 11.5. The van der Waals surface area contributed by atoms with E-state index in [1.807, 2.05) is 0 Å². The highest BCUT2D eigenvalue weighted by atomic mass is 35.5. The minimum atomic E-state index is -0.609. The number of hydrogen-bond donors (Lipinski definition) is 1. The van der Waals surface area contributed by atoms with E-state index in [0.29, 0.717) is 11.3 Å². The smallest absolute Gasteiger partial charge is 0.374 e. The highest BCUT2D eigenvalue weighted by molar-refractivity contribution is 6.30. The molecule has 0 bridgehead atoms. The maximum Gasteiger partial charge on any atom is 0.374 e. The number of ether oxygens (including phenoxy) is 1. The number of hydrogen-bond acceptors (Lipinski definition) is 6. The molecule has 0 unspecified atom stereocenters. The van der Waals surface area contributed by atoms with Gasteiger partial charge in [-0.15, -0.1) is 0 Å². The van der Waals surface area contributed by atoms with Gasteiger partial charge in [-0.1, -0.05) is 11.6 Å². The van der Waals surface area contributed by atoms with Crippen LogP contribution in [0.4, 0.5) is 11.4 Å². The molecule has 110 valence electrons. The molecule has 1 aromatic carbocycles. The molecule has 0 atom stereocenters. The van der Waals surface area contributed by atoms with Crippen molar-refractivity contribution >= 4 is 28.9 Å². The summed E-state index contributed by atoms with van der Waals surface area (Å²) >= 11 is 5.74. The second-order valence-corrected chi connectivity index (χ2v) is 4.48. The Morgan fingerprint density at radius 2 is 2.24 bits per heavy atom. The van der Waals surface area contributed by atoms with Gasteiger partial charge in [-0.3, -0.25) is 10.1 Å². The van der Waals surface area contributed by atoms with Crippen molar-refractivity contribution in [3.05, 3.63) is 57.0 Å². The largest absolute Gasteiger partial charge is 0.463 e. The van der Waals surface area contributed by atoms with Crippen molar-refractivity contribution in [1.29, 1.82) is 0 Å². The molecule has 1 heterocycles. The highest BCUT2D eigenvalue weighted by Crippen LogP contribution is 2.28. The van der Waals surface area contributed by atoms with Crippen LogP contribution in [0.15, 0.2) is 34.9 Å². The van der Waals surface area contributed by atoms with E-state index in [4.69, 9.17) is 16.0 Å². The molecule has 2 rings (SSSR count). The molecular formula is C13H11ClN2O5. The number of nitro groups is 1. The number of nitrogens with one attached hydrogen (secondary N) is 1. The van der Waals surface area contributed by atoms with E-state index >= 15 is 0 Å². The second kappa shape index (κ2) is 6.27. The number of carbonyl (C=O) groups excluding carboxylic acids is 1. The number of anilines is 1. The number of nitro benzene ring substituents is 1. The Morgan fingerprint density at radius 1 is 1.48 bits per heavy atom. The summed E-state index contributed by atoms with van der Waals surface area (Å²) in [5.74, 6) is -0.552. The first-order valence-electron chi connectivity index (χ1n) is 5.85. The maximum absolute atomic E-state index is 11.5. The van der Waals surface area contributed by atoms with E-state index in [-0.39, 0.29) is 23.0 Å². The lowest BCUT2D eigenvalue weighted by Gasteiger charge is -2.07. The monoisotopic (exact) mass is 310 g/mol. The molecule has 2 aromatic rings. The summed E-state index contributed by atoms with van der Waals surface area (Å²) in [6.07, 6.45) is 1.35. The van der Waals surface area contributed by atoms with Crippen LogP contribution in [0, 0.1) is 10.1 Å². The van der Waals surface area contributed by atoms with Crippen molar-refractivity contribution in [2.45, 2.75) is 6.54 Å². The Morgan fingerprint density at radius 3 is 2.90 bits per heavy atom. The fourth-order valence-electron chi connectivity index (χ4n) is 1.74. The number of halogens is 1. The van der Waals surface area contributed by atoms with Gasteiger partial charge < -0.3 is 14.5 Å². The van der Waals surface area contributed by atoms with Gasteiger partial charge in [-0.25, -0.2) is 4.79 Å². The van der Waals surface area contributed by atoms with E-state index in [1.54, 1.807) is 6.07 Å². The molecule has 1 N–H and O–H groups in total. The predicted molar refractivity (Wildman–Crippen MR) is 75.5 cm³/mol. The lowest BCUT2D eigenvalue weighted by molar-refractivity contribution is -0.383. The van der Waals surface area contributed by atoms with Crippen molar-refractivity contribution in [3.8, 4) is 0 Å². The fraction of sp³-hybridized carbons (Fsp3) is 0.154. The Bertz CT molecular complexity index is 683. The molecule has 1 aromatic heterocycles. The topological polar surface area (TPSA) is 94.6 Å². The number of esters is 1. The van der Waals surface area contributed by atoms with E-state index in [9.17, 15) is 14.9 Å². The third-order valence-corrected chi connectivity index (χ3v) is 2.98. The van der Waals surface area contributed by atoms with Crippen LogP contribution in [0.1, 0.15) is 16.1 Å². The predicted octanol–water partition coefficient (Wildman–Crippen LogP) is 3.24. The molecule has 0 spiro atoms. The second-order valence-electron chi connectivity index (χ2n) is 4.04. The van der Waals surface area contributed by atoms with E-state index in [1.165, 1.54) is 31.6 Å². The molecule has 0 aliphatic heterocycles. The van der Waals surface area contributed by atoms with E-state index in [0.717, 1.165) is 0 Å². The summed E-state index contributed by atoms with van der Waals surface area (Å²) in [6.45, 7) is 0.170. The van der Waals surface area contributed by atoms with Crippen molar-refractivity contribution < 1.29 is 18.9 Å². The molecule has 0 aliphatic carbocycles. The molecule has 0 saturated carbocycles. The summed E-state index contributed by atoms with van der Waals surface area (Å²) in [4.78, 5) is 21.9. The highest BCUT2D eigenvalue weighted by Gasteiger charge is 2.18. The zero-order chi connectivity index (χ0) is 15.4. The molecule has 7 nitrogen and oxygen atoms in total. The Kier molecular flexibility index (Phi) is 4.44. The normalized spacial score (nSPS) is 10.2. The van der Waals surface area contributed by atoms with Gasteiger partial charge in [0.2, 0.25) is 5.76 Å². The molecule has 0 fully saturated rings. The summed E-state index contributed by atoms with van der Waals surface area (Å²) in [5.41, 5.74) is 0.679. The van der Waals surface area contributed by atoms with Crippen LogP contribution in [0.5, 0.6) is 0 Å². The van der Waals surface area contributed by atoms with E-state index < -0.39 is 10.9 Å². The minimum Gasteiger partial charge on any atom is -0.463 e. The number of furan rings is 1. The average Bonchev–Trinajstić information content (AvgIpc) is 2.93. The lowest BCUT2D eigenvalue weighted by atomic mass is 10.2. The molecular weight excluding hydrogens is 300 g/mol. The van der Waals surface area contributed by atoms with Gasteiger partial charge in [0.05, 0.1) is 18.3 Å². The van der Waals surface area contributed by atoms with Gasteiger partial charge in [-0.05, 0) is 18.2 Å². The first kappa shape index (κ1) is 14.9.